The normalized spacial score (nSPS) is 11.8. The maximum Gasteiger partial charge on any atom is 0.165 e. The van der Waals surface area contributed by atoms with Gasteiger partial charge in [-0.3, -0.25) is 0 Å². The van der Waals surface area contributed by atoms with Crippen LogP contribution in [0.3, 0.4) is 0 Å². The summed E-state index contributed by atoms with van der Waals surface area (Å²) in [4.78, 5) is 5.02. The summed E-state index contributed by atoms with van der Waals surface area (Å²) in [6, 6.07) is 20.5. The SMILES string of the molecule is Cc1nn2c(NCCc3ccccc3)cc(C(C)(C)C)nc2c1-c1ccc(Cl)cc1. The third-order valence-electron chi connectivity index (χ3n) is 5.23. The lowest BCUT2D eigenvalue weighted by molar-refractivity contribution is 0.568. The van der Waals surface area contributed by atoms with E-state index in [2.05, 4.69) is 56.4 Å². The Balaban J connectivity index is 1.77. The summed E-state index contributed by atoms with van der Waals surface area (Å²) in [6.45, 7) is 9.41. The van der Waals surface area contributed by atoms with Gasteiger partial charge in [0.2, 0.25) is 0 Å². The van der Waals surface area contributed by atoms with Crippen LogP contribution >= 0.6 is 11.6 Å². The van der Waals surface area contributed by atoms with Crippen molar-refractivity contribution < 1.29 is 0 Å². The van der Waals surface area contributed by atoms with Gasteiger partial charge in [-0.1, -0.05) is 74.8 Å². The molecule has 2 aromatic heterocycles. The predicted octanol–water partition coefficient (Wildman–Crippen LogP) is 6.31. The third kappa shape index (κ3) is 4.19. The second-order valence-corrected chi connectivity index (χ2v) is 9.08. The molecule has 4 nitrogen and oxygen atoms in total. The van der Waals surface area contributed by atoms with E-state index in [1.54, 1.807) is 0 Å². The zero-order chi connectivity index (χ0) is 21.3. The zero-order valence-corrected chi connectivity index (χ0v) is 18.7. The number of rotatable bonds is 5. The lowest BCUT2D eigenvalue weighted by Crippen LogP contribution is -2.17. The fraction of sp³-hybridized carbons (Fsp3) is 0.280. The van der Waals surface area contributed by atoms with Crippen molar-refractivity contribution in [2.45, 2.75) is 39.5 Å². The minimum absolute atomic E-state index is 0.0763. The summed E-state index contributed by atoms with van der Waals surface area (Å²) in [5.41, 5.74) is 6.20. The minimum Gasteiger partial charge on any atom is -0.370 e. The Hall–Kier alpha value is -2.85. The van der Waals surface area contributed by atoms with Crippen molar-refractivity contribution in [1.29, 1.82) is 0 Å². The number of anilines is 1. The monoisotopic (exact) mass is 418 g/mol. The van der Waals surface area contributed by atoms with E-state index in [1.165, 1.54) is 5.56 Å². The highest BCUT2D eigenvalue weighted by atomic mass is 35.5. The number of benzene rings is 2. The summed E-state index contributed by atoms with van der Waals surface area (Å²) in [7, 11) is 0. The molecule has 4 rings (SSSR count). The van der Waals surface area contributed by atoms with Crippen molar-refractivity contribution in [2.75, 3.05) is 11.9 Å². The molecule has 0 fully saturated rings. The molecule has 0 saturated heterocycles. The lowest BCUT2D eigenvalue weighted by atomic mass is 9.92. The molecule has 0 unspecified atom stereocenters. The standard InChI is InChI=1S/C25H27ClN4/c1-17-23(19-10-12-20(26)13-11-19)24-28-21(25(2,3)4)16-22(30(24)29-17)27-15-14-18-8-6-5-7-9-18/h5-13,16,27H,14-15H2,1-4H3. The van der Waals surface area contributed by atoms with Crippen LogP contribution in [0.25, 0.3) is 16.8 Å². The van der Waals surface area contributed by atoms with E-state index >= 15 is 0 Å². The molecule has 0 aliphatic carbocycles. The Morgan fingerprint density at radius 3 is 2.37 bits per heavy atom. The summed E-state index contributed by atoms with van der Waals surface area (Å²) in [6.07, 6.45) is 0.944. The van der Waals surface area contributed by atoms with Crippen LogP contribution in [-0.4, -0.2) is 21.1 Å². The van der Waals surface area contributed by atoms with Crippen LogP contribution in [0, 0.1) is 6.92 Å². The van der Waals surface area contributed by atoms with Crippen molar-refractivity contribution in [3.63, 3.8) is 0 Å². The van der Waals surface area contributed by atoms with Crippen molar-refractivity contribution in [1.82, 2.24) is 14.6 Å². The molecule has 4 aromatic rings. The van der Waals surface area contributed by atoms with Gasteiger partial charge in [-0.2, -0.15) is 9.61 Å². The molecule has 0 atom stereocenters. The molecule has 0 radical (unpaired) electrons. The Morgan fingerprint density at radius 1 is 1.00 bits per heavy atom. The van der Waals surface area contributed by atoms with Gasteiger partial charge in [0.05, 0.1) is 11.4 Å². The van der Waals surface area contributed by atoms with Crippen LogP contribution < -0.4 is 5.32 Å². The Kier molecular flexibility index (Phi) is 5.52. The summed E-state index contributed by atoms with van der Waals surface area (Å²) in [5.74, 6) is 0.962. The smallest absolute Gasteiger partial charge is 0.165 e. The summed E-state index contributed by atoms with van der Waals surface area (Å²) < 4.78 is 1.93. The molecule has 2 aromatic carbocycles. The van der Waals surface area contributed by atoms with Gasteiger partial charge in [0, 0.05) is 28.6 Å². The highest BCUT2D eigenvalue weighted by Gasteiger charge is 2.22. The number of hydrogen-bond donors (Lipinski definition) is 1. The molecule has 0 spiro atoms. The Labute approximate surface area is 182 Å². The van der Waals surface area contributed by atoms with Crippen molar-refractivity contribution in [3.05, 3.63) is 82.6 Å². The molecule has 0 aliphatic heterocycles. The van der Waals surface area contributed by atoms with Gasteiger partial charge in [0.15, 0.2) is 5.65 Å². The van der Waals surface area contributed by atoms with E-state index < -0.39 is 0 Å². The average Bonchev–Trinajstić information content (AvgIpc) is 3.05. The quantitative estimate of drug-likeness (QED) is 0.413. The number of halogens is 1. The van der Waals surface area contributed by atoms with E-state index in [0.717, 1.165) is 52.0 Å². The van der Waals surface area contributed by atoms with E-state index in [1.807, 2.05) is 41.8 Å². The average molecular weight is 419 g/mol. The third-order valence-corrected chi connectivity index (χ3v) is 5.48. The van der Waals surface area contributed by atoms with Gasteiger partial charge in [-0.05, 0) is 36.6 Å². The van der Waals surface area contributed by atoms with Crippen molar-refractivity contribution >= 4 is 23.1 Å². The summed E-state index contributed by atoms with van der Waals surface area (Å²) in [5, 5.41) is 9.13. The Morgan fingerprint density at radius 2 is 1.70 bits per heavy atom. The van der Waals surface area contributed by atoms with E-state index in [4.69, 9.17) is 21.7 Å². The van der Waals surface area contributed by atoms with Crippen molar-refractivity contribution in [2.24, 2.45) is 0 Å². The number of fused-ring (bicyclic) bond motifs is 1. The fourth-order valence-electron chi connectivity index (χ4n) is 3.57. The van der Waals surface area contributed by atoms with Gasteiger partial charge in [0.25, 0.3) is 0 Å². The minimum atomic E-state index is -0.0763. The van der Waals surface area contributed by atoms with Crippen LogP contribution in [0.5, 0.6) is 0 Å². The topological polar surface area (TPSA) is 42.2 Å². The van der Waals surface area contributed by atoms with Gasteiger partial charge in [-0.25, -0.2) is 4.98 Å². The highest BCUT2D eigenvalue weighted by molar-refractivity contribution is 6.30. The van der Waals surface area contributed by atoms with Crippen LogP contribution in [0.2, 0.25) is 5.02 Å². The number of nitrogens with zero attached hydrogens (tertiary/aromatic N) is 3. The maximum absolute atomic E-state index is 6.10. The Bertz CT molecular complexity index is 1160. The van der Waals surface area contributed by atoms with E-state index in [0.29, 0.717) is 0 Å². The molecule has 0 aliphatic rings. The first-order valence-electron chi connectivity index (χ1n) is 10.3. The number of hydrogen-bond acceptors (Lipinski definition) is 3. The van der Waals surface area contributed by atoms with Crippen LogP contribution in [0.1, 0.15) is 37.7 Å². The van der Waals surface area contributed by atoms with Gasteiger partial charge in [-0.15, -0.1) is 0 Å². The molecular weight excluding hydrogens is 392 g/mol. The molecule has 1 N–H and O–H groups in total. The van der Waals surface area contributed by atoms with Gasteiger partial charge in [0.1, 0.15) is 5.82 Å². The van der Waals surface area contributed by atoms with Crippen LogP contribution in [0.4, 0.5) is 5.82 Å². The second kappa shape index (κ2) is 8.11. The van der Waals surface area contributed by atoms with E-state index in [-0.39, 0.29) is 5.41 Å². The molecular formula is C25H27ClN4. The number of aryl methyl sites for hydroxylation is 1. The zero-order valence-electron chi connectivity index (χ0n) is 17.9. The molecule has 5 heteroatoms. The number of aromatic nitrogens is 3. The van der Waals surface area contributed by atoms with Gasteiger partial charge >= 0.3 is 0 Å². The largest absolute Gasteiger partial charge is 0.370 e. The first kappa shape index (κ1) is 20.4. The molecule has 154 valence electrons. The molecule has 2 heterocycles. The van der Waals surface area contributed by atoms with E-state index in [9.17, 15) is 0 Å². The van der Waals surface area contributed by atoms with Gasteiger partial charge < -0.3 is 5.32 Å². The second-order valence-electron chi connectivity index (χ2n) is 8.64. The molecule has 30 heavy (non-hydrogen) atoms. The lowest BCUT2D eigenvalue weighted by Gasteiger charge is -2.20. The maximum atomic E-state index is 6.10. The summed E-state index contributed by atoms with van der Waals surface area (Å²) >= 11 is 6.10. The predicted molar refractivity (Wildman–Crippen MR) is 126 cm³/mol. The molecule has 0 bridgehead atoms. The first-order valence-corrected chi connectivity index (χ1v) is 10.7. The van der Waals surface area contributed by atoms with Crippen LogP contribution in [0.15, 0.2) is 60.7 Å². The van der Waals surface area contributed by atoms with Crippen LogP contribution in [-0.2, 0) is 11.8 Å². The van der Waals surface area contributed by atoms with Crippen molar-refractivity contribution in [3.8, 4) is 11.1 Å². The fourth-order valence-corrected chi connectivity index (χ4v) is 3.69. The highest BCUT2D eigenvalue weighted by Crippen LogP contribution is 2.32. The molecule has 0 saturated carbocycles. The number of nitrogens with one attached hydrogen (secondary N) is 1. The molecule has 0 amide bonds. The first-order chi connectivity index (χ1) is 14.3.